The lowest BCUT2D eigenvalue weighted by molar-refractivity contribution is -0.127. The summed E-state index contributed by atoms with van der Waals surface area (Å²) in [6.45, 7) is 3.58. The number of carbonyl (C=O) groups is 3. The number of benzene rings is 2. The molecule has 2 saturated heterocycles. The van der Waals surface area contributed by atoms with Crippen LogP contribution in [0.25, 0.3) is 10.1 Å². The third-order valence-electron chi connectivity index (χ3n) is 9.72. The Balaban J connectivity index is 0.980. The predicted octanol–water partition coefficient (Wildman–Crippen LogP) is 5.20. The van der Waals surface area contributed by atoms with Crippen LogP contribution in [0.1, 0.15) is 79.1 Å². The average Bonchev–Trinajstić information content (AvgIpc) is 3.73. The summed E-state index contributed by atoms with van der Waals surface area (Å²) in [7, 11) is 0. The number of carbonyl (C=O) groups excluding carboxylic acids is 3. The number of likely N-dealkylation sites (tertiary alicyclic amines) is 1. The Morgan fingerprint density at radius 2 is 1.68 bits per heavy atom. The molecule has 2 aliphatic heterocycles. The molecular formula is C35H44N4O4S. The van der Waals surface area contributed by atoms with Gasteiger partial charge in [-0.15, -0.1) is 11.3 Å². The molecule has 6 rings (SSSR count). The van der Waals surface area contributed by atoms with Crippen LogP contribution >= 0.6 is 11.3 Å². The first kappa shape index (κ1) is 30.7. The minimum atomic E-state index is -0.922. The third kappa shape index (κ3) is 7.16. The molecule has 3 amide bonds. The zero-order chi connectivity index (χ0) is 30.4. The number of hydrogen-bond donors (Lipinski definition) is 3. The topological polar surface area (TPSA) is 99.8 Å². The van der Waals surface area contributed by atoms with Gasteiger partial charge < -0.3 is 20.7 Å². The molecular weight excluding hydrogens is 572 g/mol. The van der Waals surface area contributed by atoms with Crippen LogP contribution < -0.4 is 16.0 Å². The number of piperidine rings is 1. The Labute approximate surface area is 263 Å². The molecule has 3 aromatic rings. The van der Waals surface area contributed by atoms with Gasteiger partial charge in [-0.3, -0.25) is 19.3 Å². The molecule has 1 aromatic heterocycles. The van der Waals surface area contributed by atoms with Crippen molar-refractivity contribution < 1.29 is 19.1 Å². The summed E-state index contributed by atoms with van der Waals surface area (Å²) in [5.74, 6) is -0.0509. The molecule has 234 valence electrons. The van der Waals surface area contributed by atoms with Crippen LogP contribution in [0.5, 0.6) is 0 Å². The highest BCUT2D eigenvalue weighted by atomic mass is 32.1. The van der Waals surface area contributed by atoms with E-state index in [4.69, 9.17) is 4.74 Å². The average molecular weight is 617 g/mol. The molecule has 9 heteroatoms. The molecule has 2 unspecified atom stereocenters. The van der Waals surface area contributed by atoms with E-state index < -0.39 is 5.54 Å². The fraction of sp³-hybridized carbons (Fsp3) is 0.514. The molecule has 0 bridgehead atoms. The van der Waals surface area contributed by atoms with E-state index in [1.807, 2.05) is 30.3 Å². The van der Waals surface area contributed by atoms with Gasteiger partial charge in [0, 0.05) is 49.5 Å². The highest BCUT2D eigenvalue weighted by Crippen LogP contribution is 2.37. The summed E-state index contributed by atoms with van der Waals surface area (Å²) in [4.78, 5) is 42.6. The van der Waals surface area contributed by atoms with Gasteiger partial charge in [0.2, 0.25) is 11.8 Å². The van der Waals surface area contributed by atoms with Crippen LogP contribution in [0.3, 0.4) is 0 Å². The van der Waals surface area contributed by atoms with Crippen molar-refractivity contribution in [2.24, 2.45) is 5.92 Å². The number of amides is 3. The molecule has 1 saturated carbocycles. The summed E-state index contributed by atoms with van der Waals surface area (Å²) in [6.07, 6.45) is 7.43. The highest BCUT2D eigenvalue weighted by molar-refractivity contribution is 7.20. The van der Waals surface area contributed by atoms with Gasteiger partial charge in [0.25, 0.3) is 5.91 Å². The monoisotopic (exact) mass is 616 g/mol. The lowest BCUT2D eigenvalue weighted by Crippen LogP contribution is -2.57. The van der Waals surface area contributed by atoms with Crippen molar-refractivity contribution >= 4 is 39.1 Å². The number of nitrogens with one attached hydrogen (secondary N) is 3. The standard InChI is InChI=1S/C35H44N4O4S/c40-32(37-24-25-13-19-39(28-14-20-43-21-15-28)29(22-25)26-8-2-1-3-9-26)12-18-36-34(42)35(16-6-7-17-35)38-33(41)31-23-27-10-4-5-11-30(27)44-31/h1-5,8-11,23,25,28-29H,6-7,12-22,24H2,(H,36,42)(H,37,40)(H,38,41). The Morgan fingerprint density at radius 1 is 0.932 bits per heavy atom. The van der Waals surface area contributed by atoms with Crippen molar-refractivity contribution in [3.63, 3.8) is 0 Å². The first-order chi connectivity index (χ1) is 21.5. The van der Waals surface area contributed by atoms with E-state index in [0.29, 0.717) is 42.3 Å². The van der Waals surface area contributed by atoms with E-state index in [1.165, 1.54) is 16.9 Å². The smallest absolute Gasteiger partial charge is 0.262 e. The quantitative estimate of drug-likeness (QED) is 0.291. The van der Waals surface area contributed by atoms with Gasteiger partial charge in [0.1, 0.15) is 5.54 Å². The molecule has 1 aliphatic carbocycles. The van der Waals surface area contributed by atoms with E-state index >= 15 is 0 Å². The Hall–Kier alpha value is -3.27. The van der Waals surface area contributed by atoms with Gasteiger partial charge in [-0.2, -0.15) is 0 Å². The van der Waals surface area contributed by atoms with E-state index in [9.17, 15) is 14.4 Å². The SMILES string of the molecule is O=C(CCNC(=O)C1(NC(=O)c2cc3ccccc3s2)CCCC1)NCC1CCN(C2CCOCC2)C(c2ccccc2)C1. The maximum Gasteiger partial charge on any atom is 0.262 e. The lowest BCUT2D eigenvalue weighted by Gasteiger charge is -2.45. The predicted molar refractivity (Wildman–Crippen MR) is 174 cm³/mol. The Morgan fingerprint density at radius 3 is 2.45 bits per heavy atom. The number of fused-ring (bicyclic) bond motifs is 1. The number of rotatable bonds is 10. The third-order valence-corrected chi connectivity index (χ3v) is 10.8. The second kappa shape index (κ2) is 14.2. The lowest BCUT2D eigenvalue weighted by atomic mass is 9.85. The van der Waals surface area contributed by atoms with E-state index in [0.717, 1.165) is 68.4 Å². The summed E-state index contributed by atoms with van der Waals surface area (Å²) < 4.78 is 6.68. The highest BCUT2D eigenvalue weighted by Gasteiger charge is 2.42. The van der Waals surface area contributed by atoms with E-state index in [-0.39, 0.29) is 30.7 Å². The summed E-state index contributed by atoms with van der Waals surface area (Å²) in [5.41, 5.74) is 0.423. The second-order valence-electron chi connectivity index (χ2n) is 12.6. The van der Waals surface area contributed by atoms with E-state index in [2.05, 4.69) is 51.2 Å². The molecule has 0 radical (unpaired) electrons. The first-order valence-corrected chi connectivity index (χ1v) is 17.1. The number of hydrogen-bond acceptors (Lipinski definition) is 6. The van der Waals surface area contributed by atoms with Gasteiger partial charge in [0.15, 0.2) is 0 Å². The molecule has 8 nitrogen and oxygen atoms in total. The zero-order valence-corrected chi connectivity index (χ0v) is 26.2. The van der Waals surface area contributed by atoms with Crippen LogP contribution in [0.4, 0.5) is 0 Å². The van der Waals surface area contributed by atoms with Crippen molar-refractivity contribution in [3.8, 4) is 0 Å². The molecule has 0 spiro atoms. The molecule has 3 aliphatic rings. The van der Waals surface area contributed by atoms with E-state index in [1.54, 1.807) is 0 Å². The Bertz CT molecular complexity index is 1400. The largest absolute Gasteiger partial charge is 0.381 e. The minimum Gasteiger partial charge on any atom is -0.381 e. The van der Waals surface area contributed by atoms with Crippen LogP contribution in [0.2, 0.25) is 0 Å². The summed E-state index contributed by atoms with van der Waals surface area (Å²) in [5, 5.41) is 10.2. The number of thiophene rings is 1. The molecule has 44 heavy (non-hydrogen) atoms. The first-order valence-electron chi connectivity index (χ1n) is 16.3. The van der Waals surface area contributed by atoms with Crippen LogP contribution in [0.15, 0.2) is 60.7 Å². The van der Waals surface area contributed by atoms with Crippen LogP contribution in [0, 0.1) is 5.92 Å². The second-order valence-corrected chi connectivity index (χ2v) is 13.7. The van der Waals surface area contributed by atoms with Gasteiger partial charge >= 0.3 is 0 Å². The van der Waals surface area contributed by atoms with Crippen LogP contribution in [-0.4, -0.2) is 67.1 Å². The maximum atomic E-state index is 13.4. The van der Waals surface area contributed by atoms with Crippen LogP contribution in [-0.2, 0) is 14.3 Å². The fourth-order valence-corrected chi connectivity index (χ4v) is 8.22. The number of nitrogens with zero attached hydrogens (tertiary/aromatic N) is 1. The van der Waals surface area contributed by atoms with Gasteiger partial charge in [-0.25, -0.2) is 0 Å². The molecule has 3 N–H and O–H groups in total. The number of ether oxygens (including phenoxy) is 1. The summed E-state index contributed by atoms with van der Waals surface area (Å²) in [6, 6.07) is 21.4. The van der Waals surface area contributed by atoms with Crippen molar-refractivity contribution in [2.45, 2.75) is 75.4 Å². The van der Waals surface area contributed by atoms with Gasteiger partial charge in [-0.1, -0.05) is 61.4 Å². The minimum absolute atomic E-state index is 0.0526. The van der Waals surface area contributed by atoms with Gasteiger partial charge in [0.05, 0.1) is 4.88 Å². The van der Waals surface area contributed by atoms with Crippen molar-refractivity contribution in [1.29, 1.82) is 0 Å². The molecule has 3 heterocycles. The Kier molecular flexibility index (Phi) is 9.94. The fourth-order valence-electron chi connectivity index (χ4n) is 7.26. The molecule has 2 atom stereocenters. The van der Waals surface area contributed by atoms with Crippen molar-refractivity contribution in [2.75, 3.05) is 32.8 Å². The maximum absolute atomic E-state index is 13.4. The van der Waals surface area contributed by atoms with Crippen molar-refractivity contribution in [3.05, 3.63) is 71.1 Å². The zero-order valence-electron chi connectivity index (χ0n) is 25.4. The normalized spacial score (nSPS) is 22.5. The summed E-state index contributed by atoms with van der Waals surface area (Å²) >= 11 is 1.44. The molecule has 2 aromatic carbocycles. The van der Waals surface area contributed by atoms with Gasteiger partial charge in [-0.05, 0) is 74.1 Å². The molecule has 3 fully saturated rings. The van der Waals surface area contributed by atoms with Crippen molar-refractivity contribution in [1.82, 2.24) is 20.9 Å².